The van der Waals surface area contributed by atoms with Crippen LogP contribution >= 0.6 is 11.6 Å². The summed E-state index contributed by atoms with van der Waals surface area (Å²) in [5, 5.41) is 1.70. The number of H-pyrrole nitrogens is 1. The molecular weight excluding hydrogens is 392 g/mol. The minimum absolute atomic E-state index is 0.718. The summed E-state index contributed by atoms with van der Waals surface area (Å²) < 4.78 is 0. The van der Waals surface area contributed by atoms with Gasteiger partial charge < -0.3 is 14.8 Å². The molecule has 2 aromatic carbocycles. The van der Waals surface area contributed by atoms with Crippen molar-refractivity contribution >= 4 is 28.3 Å². The molecule has 0 unspecified atom stereocenters. The van der Waals surface area contributed by atoms with E-state index in [0.717, 1.165) is 58.0 Å². The molecule has 2 aromatic heterocycles. The average Bonchev–Trinajstić information content (AvgIpc) is 3.30. The Morgan fingerprint density at radius 2 is 1.83 bits per heavy atom. The van der Waals surface area contributed by atoms with Crippen molar-refractivity contribution in [3.05, 3.63) is 70.9 Å². The number of nitrogens with zero attached hydrogens (tertiary/aromatic N) is 3. The van der Waals surface area contributed by atoms with Gasteiger partial charge in [0, 0.05) is 43.0 Å². The molecule has 4 nitrogen and oxygen atoms in total. The Balaban J connectivity index is 1.70. The Hall–Kier alpha value is -2.82. The first-order valence-electron chi connectivity index (χ1n) is 10.3. The van der Waals surface area contributed by atoms with E-state index in [0.29, 0.717) is 0 Å². The molecule has 0 radical (unpaired) electrons. The lowest BCUT2D eigenvalue weighted by Gasteiger charge is -2.14. The van der Waals surface area contributed by atoms with E-state index >= 15 is 0 Å². The number of aromatic nitrogens is 2. The standard InChI is InChI=1S/C25H25ClN4/c1-29(2)15-16-4-6-18(7-5-16)24-22(23-20(26)10-12-27-25(23)28-24)19-9-8-17-11-13-30(3)21(17)14-19/h4-10,12,14H,11,13,15H2,1-3H3,(H,27,28). The number of anilines is 1. The van der Waals surface area contributed by atoms with Crippen LogP contribution < -0.4 is 4.90 Å². The molecule has 5 rings (SSSR count). The Labute approximate surface area is 182 Å². The van der Waals surface area contributed by atoms with E-state index in [1.54, 1.807) is 6.20 Å². The van der Waals surface area contributed by atoms with Crippen molar-refractivity contribution in [1.82, 2.24) is 14.9 Å². The third-order valence-electron chi connectivity index (χ3n) is 5.89. The predicted octanol–water partition coefficient (Wildman–Crippen LogP) is 5.60. The van der Waals surface area contributed by atoms with Crippen LogP contribution in [0.3, 0.4) is 0 Å². The monoisotopic (exact) mass is 416 g/mol. The van der Waals surface area contributed by atoms with Gasteiger partial charge in [0.1, 0.15) is 5.65 Å². The van der Waals surface area contributed by atoms with Gasteiger partial charge in [0.2, 0.25) is 0 Å². The van der Waals surface area contributed by atoms with Gasteiger partial charge in [-0.05, 0) is 54.9 Å². The predicted molar refractivity (Wildman–Crippen MR) is 126 cm³/mol. The number of nitrogens with one attached hydrogen (secondary N) is 1. The molecule has 152 valence electrons. The first-order chi connectivity index (χ1) is 14.5. The highest BCUT2D eigenvalue weighted by Gasteiger charge is 2.21. The van der Waals surface area contributed by atoms with Crippen LogP contribution in [0.1, 0.15) is 11.1 Å². The van der Waals surface area contributed by atoms with Gasteiger partial charge in [0.15, 0.2) is 0 Å². The summed E-state index contributed by atoms with van der Waals surface area (Å²) in [5.74, 6) is 0. The minimum Gasteiger partial charge on any atom is -0.374 e. The number of halogens is 1. The molecule has 1 N–H and O–H groups in total. The maximum absolute atomic E-state index is 6.67. The Kier molecular flexibility index (Phi) is 4.76. The van der Waals surface area contributed by atoms with Gasteiger partial charge >= 0.3 is 0 Å². The quantitative estimate of drug-likeness (QED) is 0.470. The van der Waals surface area contributed by atoms with Gasteiger partial charge in [-0.1, -0.05) is 48.0 Å². The van der Waals surface area contributed by atoms with Gasteiger partial charge in [0.05, 0.1) is 10.7 Å². The highest BCUT2D eigenvalue weighted by Crippen LogP contribution is 2.42. The van der Waals surface area contributed by atoms with E-state index in [2.05, 4.69) is 83.4 Å². The summed E-state index contributed by atoms with van der Waals surface area (Å²) >= 11 is 6.67. The second-order valence-corrected chi connectivity index (χ2v) is 8.75. The molecule has 0 aliphatic carbocycles. The normalized spacial score (nSPS) is 13.4. The Bertz CT molecular complexity index is 1220. The van der Waals surface area contributed by atoms with Gasteiger partial charge in [-0.3, -0.25) is 0 Å². The zero-order valence-electron chi connectivity index (χ0n) is 17.5. The largest absolute Gasteiger partial charge is 0.374 e. The van der Waals surface area contributed by atoms with Crippen LogP contribution in [0.2, 0.25) is 5.02 Å². The number of aromatic amines is 1. The lowest BCUT2D eigenvalue weighted by Crippen LogP contribution is -2.12. The van der Waals surface area contributed by atoms with Crippen LogP contribution in [0.5, 0.6) is 0 Å². The van der Waals surface area contributed by atoms with Crippen molar-refractivity contribution in [2.45, 2.75) is 13.0 Å². The van der Waals surface area contributed by atoms with E-state index in [4.69, 9.17) is 11.6 Å². The molecule has 0 amide bonds. The third kappa shape index (κ3) is 3.26. The van der Waals surface area contributed by atoms with Gasteiger partial charge in [-0.15, -0.1) is 0 Å². The van der Waals surface area contributed by atoms with Gasteiger partial charge in [0.25, 0.3) is 0 Å². The lowest BCUT2D eigenvalue weighted by molar-refractivity contribution is 0.402. The molecule has 0 saturated heterocycles. The molecule has 1 aliphatic rings. The second-order valence-electron chi connectivity index (χ2n) is 8.34. The molecule has 5 heteroatoms. The minimum atomic E-state index is 0.718. The molecular formula is C25H25ClN4. The summed E-state index contributed by atoms with van der Waals surface area (Å²) in [6, 6.07) is 17.4. The Morgan fingerprint density at radius 3 is 2.60 bits per heavy atom. The van der Waals surface area contributed by atoms with E-state index in [1.165, 1.54) is 16.8 Å². The maximum atomic E-state index is 6.67. The highest BCUT2D eigenvalue weighted by molar-refractivity contribution is 6.36. The van der Waals surface area contributed by atoms with Crippen LogP contribution in [-0.2, 0) is 13.0 Å². The second kappa shape index (κ2) is 7.46. The number of benzene rings is 2. The van der Waals surface area contributed by atoms with Crippen LogP contribution in [0.25, 0.3) is 33.4 Å². The van der Waals surface area contributed by atoms with Crippen molar-refractivity contribution in [2.75, 3.05) is 32.6 Å². The van der Waals surface area contributed by atoms with Gasteiger partial charge in [-0.2, -0.15) is 0 Å². The fraction of sp³-hybridized carbons (Fsp3) is 0.240. The number of pyridine rings is 1. The van der Waals surface area contributed by atoms with Crippen molar-refractivity contribution in [2.24, 2.45) is 0 Å². The summed E-state index contributed by atoms with van der Waals surface area (Å²) in [6.07, 6.45) is 2.86. The number of hydrogen-bond acceptors (Lipinski definition) is 3. The Morgan fingerprint density at radius 1 is 1.07 bits per heavy atom. The molecule has 30 heavy (non-hydrogen) atoms. The molecule has 0 saturated carbocycles. The van der Waals surface area contributed by atoms with Crippen molar-refractivity contribution in [3.63, 3.8) is 0 Å². The van der Waals surface area contributed by atoms with Crippen molar-refractivity contribution < 1.29 is 0 Å². The first kappa shape index (κ1) is 19.2. The van der Waals surface area contributed by atoms with Crippen LogP contribution in [0.4, 0.5) is 5.69 Å². The molecule has 0 fully saturated rings. The van der Waals surface area contributed by atoms with E-state index < -0.39 is 0 Å². The third-order valence-corrected chi connectivity index (χ3v) is 6.20. The molecule has 0 atom stereocenters. The van der Waals surface area contributed by atoms with Crippen molar-refractivity contribution in [3.8, 4) is 22.4 Å². The first-order valence-corrected chi connectivity index (χ1v) is 10.6. The van der Waals surface area contributed by atoms with Crippen molar-refractivity contribution in [1.29, 1.82) is 0 Å². The average molecular weight is 417 g/mol. The number of rotatable bonds is 4. The van der Waals surface area contributed by atoms with E-state index in [-0.39, 0.29) is 0 Å². The molecule has 0 spiro atoms. The van der Waals surface area contributed by atoms with Crippen LogP contribution in [-0.4, -0.2) is 42.6 Å². The topological polar surface area (TPSA) is 35.2 Å². The molecule has 0 bridgehead atoms. The van der Waals surface area contributed by atoms with Crippen LogP contribution in [0, 0.1) is 0 Å². The zero-order chi connectivity index (χ0) is 20.8. The summed E-state index contributed by atoms with van der Waals surface area (Å²) in [5.41, 5.74) is 9.28. The smallest absolute Gasteiger partial charge is 0.139 e. The van der Waals surface area contributed by atoms with E-state index in [9.17, 15) is 0 Å². The lowest BCUT2D eigenvalue weighted by atomic mass is 9.96. The number of likely N-dealkylation sites (N-methyl/N-ethyl adjacent to an activating group) is 1. The van der Waals surface area contributed by atoms with E-state index in [1.807, 2.05) is 6.07 Å². The summed E-state index contributed by atoms with van der Waals surface area (Å²) in [4.78, 5) is 12.6. The summed E-state index contributed by atoms with van der Waals surface area (Å²) in [6.45, 7) is 1.99. The zero-order valence-corrected chi connectivity index (χ0v) is 18.3. The maximum Gasteiger partial charge on any atom is 0.139 e. The molecule has 1 aliphatic heterocycles. The van der Waals surface area contributed by atoms with Gasteiger partial charge in [-0.25, -0.2) is 4.98 Å². The number of hydrogen-bond donors (Lipinski definition) is 1. The summed E-state index contributed by atoms with van der Waals surface area (Å²) in [7, 11) is 6.33. The fourth-order valence-electron chi connectivity index (χ4n) is 4.42. The van der Waals surface area contributed by atoms with Crippen LogP contribution in [0.15, 0.2) is 54.7 Å². The number of fused-ring (bicyclic) bond motifs is 2. The SMILES string of the molecule is CN(C)Cc1ccc(-c2[nH]c3nccc(Cl)c3c2-c2ccc3c(c2)N(C)CC3)cc1. The highest BCUT2D eigenvalue weighted by atomic mass is 35.5. The molecule has 4 aromatic rings. The molecule has 3 heterocycles. The fourth-order valence-corrected chi connectivity index (χ4v) is 4.66.